The fourth-order valence-corrected chi connectivity index (χ4v) is 5.06. The molecule has 1 saturated heterocycles. The number of rotatable bonds is 8. The van der Waals surface area contributed by atoms with E-state index in [9.17, 15) is 9.59 Å². The quantitative estimate of drug-likeness (QED) is 0.344. The van der Waals surface area contributed by atoms with Crippen molar-refractivity contribution >= 4 is 29.2 Å². The van der Waals surface area contributed by atoms with Crippen molar-refractivity contribution in [1.82, 2.24) is 9.80 Å². The van der Waals surface area contributed by atoms with Gasteiger partial charge in [0, 0.05) is 43.3 Å². The molecule has 0 atom stereocenters. The minimum Gasteiger partial charge on any atom is -0.445 e. The first-order valence-electron chi connectivity index (χ1n) is 13.1. The summed E-state index contributed by atoms with van der Waals surface area (Å²) < 4.78 is 11.3. The molecule has 0 N–H and O–H groups in total. The number of carbonyl (C=O) groups is 2. The lowest BCUT2D eigenvalue weighted by molar-refractivity contribution is 0.0236. The number of benzene rings is 2. The standard InChI is InChI=1S/C30H37N3O4S/c1-30(2,3)37-29(35)33(16-15-26-13-9-21-38-26)22-25-12-7-8-14-27(25)31-17-19-32(20-18-31)28(34)36-23-24-10-5-4-6-11-24/h4-14,21H,15-20,22-23H2,1-3H3. The summed E-state index contributed by atoms with van der Waals surface area (Å²) in [5.74, 6) is 0. The molecule has 8 heteroatoms. The Morgan fingerprint density at radius 2 is 1.63 bits per heavy atom. The van der Waals surface area contributed by atoms with Gasteiger partial charge in [0.2, 0.25) is 0 Å². The van der Waals surface area contributed by atoms with Gasteiger partial charge in [-0.2, -0.15) is 0 Å². The Kier molecular flexibility index (Phi) is 9.29. The highest BCUT2D eigenvalue weighted by molar-refractivity contribution is 7.09. The Morgan fingerprint density at radius 1 is 0.921 bits per heavy atom. The Morgan fingerprint density at radius 3 is 2.32 bits per heavy atom. The van der Waals surface area contributed by atoms with Crippen LogP contribution in [0.15, 0.2) is 72.1 Å². The number of thiophene rings is 1. The SMILES string of the molecule is CC(C)(C)OC(=O)N(CCc1cccs1)Cc1ccccc1N1CCN(C(=O)OCc2ccccc2)CC1. The zero-order valence-corrected chi connectivity index (χ0v) is 23.3. The van der Waals surface area contributed by atoms with Crippen LogP contribution in [0.25, 0.3) is 0 Å². The van der Waals surface area contributed by atoms with Crippen molar-refractivity contribution in [1.29, 1.82) is 0 Å². The Hall–Kier alpha value is -3.52. The molecule has 0 unspecified atom stereocenters. The van der Waals surface area contributed by atoms with E-state index in [-0.39, 0.29) is 18.8 Å². The van der Waals surface area contributed by atoms with Gasteiger partial charge >= 0.3 is 12.2 Å². The minimum atomic E-state index is -0.566. The first-order valence-corrected chi connectivity index (χ1v) is 14.0. The lowest BCUT2D eigenvalue weighted by atomic mass is 10.1. The summed E-state index contributed by atoms with van der Waals surface area (Å²) in [5.41, 5.74) is 2.55. The lowest BCUT2D eigenvalue weighted by Crippen LogP contribution is -2.49. The molecule has 7 nitrogen and oxygen atoms in total. The number of ether oxygens (including phenoxy) is 2. The monoisotopic (exact) mass is 535 g/mol. The van der Waals surface area contributed by atoms with E-state index >= 15 is 0 Å². The lowest BCUT2D eigenvalue weighted by Gasteiger charge is -2.37. The van der Waals surface area contributed by atoms with Gasteiger partial charge in [0.15, 0.2) is 0 Å². The second-order valence-electron chi connectivity index (χ2n) is 10.4. The summed E-state index contributed by atoms with van der Waals surface area (Å²) in [4.78, 5) is 32.8. The highest BCUT2D eigenvalue weighted by Crippen LogP contribution is 2.25. The fourth-order valence-electron chi connectivity index (χ4n) is 4.36. The number of amides is 2. The highest BCUT2D eigenvalue weighted by atomic mass is 32.1. The summed E-state index contributed by atoms with van der Waals surface area (Å²) >= 11 is 1.70. The molecule has 1 aromatic heterocycles. The number of carbonyl (C=O) groups excluding carboxylic acids is 2. The Bertz CT molecular complexity index is 1170. The Labute approximate surface area is 229 Å². The maximum atomic E-state index is 13.1. The average molecular weight is 536 g/mol. The molecule has 4 rings (SSSR count). The van der Waals surface area contributed by atoms with Crippen LogP contribution in [0.3, 0.4) is 0 Å². The average Bonchev–Trinajstić information content (AvgIpc) is 3.43. The molecule has 3 aromatic rings. The molecular formula is C30H37N3O4S. The molecule has 0 aliphatic carbocycles. The Balaban J connectivity index is 1.38. The minimum absolute atomic E-state index is 0.273. The molecule has 1 aliphatic heterocycles. The molecule has 1 aliphatic rings. The largest absolute Gasteiger partial charge is 0.445 e. The van der Waals surface area contributed by atoms with Gasteiger partial charge in [0.05, 0.1) is 6.54 Å². The van der Waals surface area contributed by atoms with Crippen molar-refractivity contribution in [3.05, 3.63) is 88.1 Å². The number of anilines is 1. The van der Waals surface area contributed by atoms with Crippen LogP contribution in [0.4, 0.5) is 15.3 Å². The first-order chi connectivity index (χ1) is 18.3. The third-order valence-corrected chi connectivity index (χ3v) is 7.23. The van der Waals surface area contributed by atoms with Gasteiger partial charge in [-0.25, -0.2) is 9.59 Å². The maximum absolute atomic E-state index is 13.1. The van der Waals surface area contributed by atoms with Gasteiger partial charge in [-0.15, -0.1) is 11.3 Å². The van der Waals surface area contributed by atoms with Crippen LogP contribution >= 0.6 is 11.3 Å². The molecule has 2 heterocycles. The van der Waals surface area contributed by atoms with Gasteiger partial charge in [0.1, 0.15) is 12.2 Å². The summed E-state index contributed by atoms with van der Waals surface area (Å²) in [6.07, 6.45) is 0.185. The fraction of sp³-hybridized carbons (Fsp3) is 0.400. The van der Waals surface area contributed by atoms with Gasteiger partial charge < -0.3 is 24.2 Å². The summed E-state index contributed by atoms with van der Waals surface area (Å²) in [7, 11) is 0. The van der Waals surface area contributed by atoms with Crippen molar-refractivity contribution in [2.24, 2.45) is 0 Å². The van der Waals surface area contributed by atoms with E-state index in [4.69, 9.17) is 9.47 Å². The molecular weight excluding hydrogens is 498 g/mol. The second kappa shape index (κ2) is 12.8. The number of para-hydroxylation sites is 1. The van der Waals surface area contributed by atoms with Crippen LogP contribution in [-0.4, -0.2) is 60.3 Å². The van der Waals surface area contributed by atoms with Gasteiger partial charge in [0.25, 0.3) is 0 Å². The predicted octanol–water partition coefficient (Wildman–Crippen LogP) is 6.19. The summed E-state index contributed by atoms with van der Waals surface area (Å²) in [6.45, 7) is 9.52. The van der Waals surface area contributed by atoms with Crippen LogP contribution in [0.5, 0.6) is 0 Å². The third kappa shape index (κ3) is 7.99. The van der Waals surface area contributed by atoms with E-state index in [2.05, 4.69) is 28.5 Å². The van der Waals surface area contributed by atoms with Gasteiger partial charge in [-0.3, -0.25) is 0 Å². The zero-order chi connectivity index (χ0) is 27.0. The van der Waals surface area contributed by atoms with Crippen molar-refractivity contribution in [3.63, 3.8) is 0 Å². The number of piperazine rings is 1. The first kappa shape index (κ1) is 27.5. The van der Waals surface area contributed by atoms with Crippen molar-refractivity contribution < 1.29 is 19.1 Å². The van der Waals surface area contributed by atoms with E-state index in [1.54, 1.807) is 21.1 Å². The van der Waals surface area contributed by atoms with E-state index in [0.717, 1.165) is 23.2 Å². The van der Waals surface area contributed by atoms with Crippen molar-refractivity contribution in [3.8, 4) is 0 Å². The number of hydrogen-bond acceptors (Lipinski definition) is 6. The summed E-state index contributed by atoms with van der Waals surface area (Å²) in [6, 6.07) is 22.0. The highest BCUT2D eigenvalue weighted by Gasteiger charge is 2.26. The molecule has 0 saturated carbocycles. The van der Waals surface area contributed by atoms with Crippen LogP contribution in [0.1, 0.15) is 36.8 Å². The molecule has 202 valence electrons. The van der Waals surface area contributed by atoms with Crippen LogP contribution < -0.4 is 4.90 Å². The van der Waals surface area contributed by atoms with Crippen LogP contribution in [0, 0.1) is 0 Å². The second-order valence-corrected chi connectivity index (χ2v) is 11.4. The predicted molar refractivity (Wildman–Crippen MR) is 152 cm³/mol. The summed E-state index contributed by atoms with van der Waals surface area (Å²) in [5, 5.41) is 2.06. The maximum Gasteiger partial charge on any atom is 0.410 e. The van der Waals surface area contributed by atoms with Gasteiger partial charge in [-0.1, -0.05) is 54.6 Å². The van der Waals surface area contributed by atoms with E-state index in [1.807, 2.05) is 69.3 Å². The van der Waals surface area contributed by atoms with Crippen molar-refractivity contribution in [2.45, 2.75) is 45.9 Å². The van der Waals surface area contributed by atoms with Crippen molar-refractivity contribution in [2.75, 3.05) is 37.6 Å². The van der Waals surface area contributed by atoms with E-state index in [1.165, 1.54) is 4.88 Å². The number of hydrogen-bond donors (Lipinski definition) is 0. The van der Waals surface area contributed by atoms with Gasteiger partial charge in [-0.05, 0) is 55.8 Å². The zero-order valence-electron chi connectivity index (χ0n) is 22.5. The molecule has 38 heavy (non-hydrogen) atoms. The molecule has 2 amide bonds. The van der Waals surface area contributed by atoms with E-state index in [0.29, 0.717) is 39.3 Å². The molecule has 2 aromatic carbocycles. The number of nitrogens with zero attached hydrogens (tertiary/aromatic N) is 3. The molecule has 0 spiro atoms. The smallest absolute Gasteiger partial charge is 0.410 e. The molecule has 0 radical (unpaired) electrons. The van der Waals surface area contributed by atoms with E-state index < -0.39 is 5.60 Å². The molecule has 1 fully saturated rings. The molecule has 0 bridgehead atoms. The third-order valence-electron chi connectivity index (χ3n) is 6.30. The normalized spacial score (nSPS) is 13.8. The van der Waals surface area contributed by atoms with Crippen LogP contribution in [0.2, 0.25) is 0 Å². The van der Waals surface area contributed by atoms with Crippen LogP contribution in [-0.2, 0) is 29.0 Å². The topological polar surface area (TPSA) is 62.3 Å².